The highest BCUT2D eigenvalue weighted by molar-refractivity contribution is 7.99. The van der Waals surface area contributed by atoms with E-state index < -0.39 is 0 Å². The molecule has 0 spiro atoms. The summed E-state index contributed by atoms with van der Waals surface area (Å²) in [4.78, 5) is 0. The lowest BCUT2D eigenvalue weighted by Gasteiger charge is -2.18. The number of nitrogens with one attached hydrogen (secondary N) is 1. The van der Waals surface area contributed by atoms with Gasteiger partial charge in [-0.1, -0.05) is 24.6 Å². The van der Waals surface area contributed by atoms with E-state index in [0.717, 1.165) is 17.9 Å². The lowest BCUT2D eigenvalue weighted by Crippen LogP contribution is -2.39. The van der Waals surface area contributed by atoms with Crippen molar-refractivity contribution < 1.29 is 0 Å². The Morgan fingerprint density at radius 1 is 1.24 bits per heavy atom. The number of nitrogens with two attached hydrogens (primary N) is 1. The molecule has 1 aromatic rings. The molecule has 0 saturated carbocycles. The van der Waals surface area contributed by atoms with E-state index in [1.807, 2.05) is 11.8 Å². The molecule has 0 aliphatic rings. The first-order chi connectivity index (χ1) is 8.08. The Labute approximate surface area is 109 Å². The third-order valence-electron chi connectivity index (χ3n) is 3.05. The first-order valence-corrected chi connectivity index (χ1v) is 7.34. The van der Waals surface area contributed by atoms with Crippen molar-refractivity contribution in [1.82, 2.24) is 5.43 Å². The van der Waals surface area contributed by atoms with Crippen LogP contribution in [0.15, 0.2) is 12.1 Å². The van der Waals surface area contributed by atoms with E-state index in [0.29, 0.717) is 6.04 Å². The largest absolute Gasteiger partial charge is 0.271 e. The molecule has 0 saturated heterocycles. The standard InChI is InChI=1S/C14H24N2S/c1-5-17-9-13(16-15)8-14-11(3)6-10(2)7-12(14)4/h6-7,13,16H,5,8-9,15H2,1-4H3. The molecule has 0 aliphatic carbocycles. The van der Waals surface area contributed by atoms with Crippen molar-refractivity contribution in [1.29, 1.82) is 0 Å². The highest BCUT2D eigenvalue weighted by Gasteiger charge is 2.11. The number of hydrogen-bond donors (Lipinski definition) is 2. The highest BCUT2D eigenvalue weighted by atomic mass is 32.2. The third-order valence-corrected chi connectivity index (χ3v) is 4.10. The second kappa shape index (κ2) is 7.04. The number of hydrogen-bond acceptors (Lipinski definition) is 3. The molecule has 1 aromatic carbocycles. The van der Waals surface area contributed by atoms with Crippen molar-refractivity contribution in [3.63, 3.8) is 0 Å². The Morgan fingerprint density at radius 3 is 2.29 bits per heavy atom. The molecule has 0 aliphatic heterocycles. The highest BCUT2D eigenvalue weighted by Crippen LogP contribution is 2.19. The maximum absolute atomic E-state index is 5.63. The molecule has 0 bridgehead atoms. The lowest BCUT2D eigenvalue weighted by molar-refractivity contribution is 0.573. The summed E-state index contributed by atoms with van der Waals surface area (Å²) in [5.41, 5.74) is 8.47. The molecule has 3 heteroatoms. The Kier molecular flexibility index (Phi) is 6.03. The SMILES string of the molecule is CCSCC(Cc1c(C)cc(C)cc1C)NN. The summed E-state index contributed by atoms with van der Waals surface area (Å²) in [6, 6.07) is 4.87. The van der Waals surface area contributed by atoms with Gasteiger partial charge in [-0.15, -0.1) is 0 Å². The molecule has 1 atom stereocenters. The normalized spacial score (nSPS) is 12.8. The molecular formula is C14H24N2S. The van der Waals surface area contributed by atoms with E-state index in [9.17, 15) is 0 Å². The molecular weight excluding hydrogens is 228 g/mol. The van der Waals surface area contributed by atoms with Crippen molar-refractivity contribution in [3.8, 4) is 0 Å². The summed E-state index contributed by atoms with van der Waals surface area (Å²) in [5, 5.41) is 0. The van der Waals surface area contributed by atoms with Gasteiger partial charge >= 0.3 is 0 Å². The first kappa shape index (κ1) is 14.6. The van der Waals surface area contributed by atoms with Gasteiger partial charge in [0.1, 0.15) is 0 Å². The van der Waals surface area contributed by atoms with Crippen molar-refractivity contribution >= 4 is 11.8 Å². The van der Waals surface area contributed by atoms with E-state index in [1.54, 1.807) is 0 Å². The van der Waals surface area contributed by atoms with E-state index in [4.69, 9.17) is 5.84 Å². The molecule has 2 nitrogen and oxygen atoms in total. The molecule has 96 valence electrons. The van der Waals surface area contributed by atoms with E-state index in [2.05, 4.69) is 45.3 Å². The van der Waals surface area contributed by atoms with Gasteiger partial charge in [0.25, 0.3) is 0 Å². The number of thioether (sulfide) groups is 1. The first-order valence-electron chi connectivity index (χ1n) is 6.19. The Bertz CT molecular complexity index is 340. The lowest BCUT2D eigenvalue weighted by atomic mass is 9.95. The molecule has 0 amide bonds. The second-order valence-electron chi connectivity index (χ2n) is 4.60. The van der Waals surface area contributed by atoms with Crippen molar-refractivity contribution in [2.75, 3.05) is 11.5 Å². The number of benzene rings is 1. The van der Waals surface area contributed by atoms with Gasteiger partial charge in [-0.25, -0.2) is 0 Å². The molecule has 0 radical (unpaired) electrons. The molecule has 3 N–H and O–H groups in total. The molecule has 0 aromatic heterocycles. The Hall–Kier alpha value is -0.510. The Balaban J connectivity index is 2.78. The smallest absolute Gasteiger partial charge is 0.0341 e. The topological polar surface area (TPSA) is 38.0 Å². The van der Waals surface area contributed by atoms with E-state index in [-0.39, 0.29) is 0 Å². The monoisotopic (exact) mass is 252 g/mol. The predicted molar refractivity (Wildman–Crippen MR) is 78.5 cm³/mol. The molecule has 17 heavy (non-hydrogen) atoms. The fourth-order valence-corrected chi connectivity index (χ4v) is 2.94. The minimum absolute atomic E-state index is 0.361. The van der Waals surface area contributed by atoms with Crippen LogP contribution in [-0.2, 0) is 6.42 Å². The summed E-state index contributed by atoms with van der Waals surface area (Å²) in [6.07, 6.45) is 1.02. The maximum atomic E-state index is 5.63. The third kappa shape index (κ3) is 4.34. The van der Waals surface area contributed by atoms with Crippen LogP contribution in [0.3, 0.4) is 0 Å². The zero-order chi connectivity index (χ0) is 12.8. The quantitative estimate of drug-likeness (QED) is 0.604. The van der Waals surface area contributed by atoms with Gasteiger partial charge in [-0.3, -0.25) is 11.3 Å². The molecule has 1 rings (SSSR count). The van der Waals surface area contributed by atoms with Crippen molar-refractivity contribution in [2.45, 2.75) is 40.2 Å². The second-order valence-corrected chi connectivity index (χ2v) is 5.92. The van der Waals surface area contributed by atoms with Crippen LogP contribution in [0.2, 0.25) is 0 Å². The fourth-order valence-electron chi connectivity index (χ4n) is 2.20. The van der Waals surface area contributed by atoms with Gasteiger partial charge in [-0.05, 0) is 49.6 Å². The van der Waals surface area contributed by atoms with Crippen molar-refractivity contribution in [3.05, 3.63) is 34.4 Å². The van der Waals surface area contributed by atoms with Crippen LogP contribution < -0.4 is 11.3 Å². The van der Waals surface area contributed by atoms with Gasteiger partial charge in [0.05, 0.1) is 0 Å². The zero-order valence-electron chi connectivity index (χ0n) is 11.3. The van der Waals surface area contributed by atoms with Gasteiger partial charge in [-0.2, -0.15) is 11.8 Å². The fraction of sp³-hybridized carbons (Fsp3) is 0.571. The van der Waals surface area contributed by atoms with Gasteiger partial charge in [0.15, 0.2) is 0 Å². The Morgan fingerprint density at radius 2 is 1.82 bits per heavy atom. The van der Waals surface area contributed by atoms with Crippen LogP contribution in [0.1, 0.15) is 29.2 Å². The van der Waals surface area contributed by atoms with Crippen LogP contribution in [0.4, 0.5) is 0 Å². The minimum atomic E-state index is 0.361. The molecule has 0 heterocycles. The molecule has 1 unspecified atom stereocenters. The van der Waals surface area contributed by atoms with E-state index in [1.165, 1.54) is 22.3 Å². The maximum Gasteiger partial charge on any atom is 0.0341 e. The van der Waals surface area contributed by atoms with Crippen LogP contribution in [0.25, 0.3) is 0 Å². The summed E-state index contributed by atoms with van der Waals surface area (Å²) in [5.74, 6) is 7.84. The number of hydrazine groups is 1. The minimum Gasteiger partial charge on any atom is -0.271 e. The van der Waals surface area contributed by atoms with Gasteiger partial charge < -0.3 is 0 Å². The summed E-state index contributed by atoms with van der Waals surface area (Å²) < 4.78 is 0. The average molecular weight is 252 g/mol. The van der Waals surface area contributed by atoms with Crippen molar-refractivity contribution in [2.24, 2.45) is 5.84 Å². The van der Waals surface area contributed by atoms with Crippen LogP contribution in [0.5, 0.6) is 0 Å². The number of rotatable bonds is 6. The average Bonchev–Trinajstić information content (AvgIpc) is 2.27. The number of aryl methyl sites for hydroxylation is 3. The summed E-state index contributed by atoms with van der Waals surface area (Å²) in [7, 11) is 0. The summed E-state index contributed by atoms with van der Waals surface area (Å²) in [6.45, 7) is 8.71. The van der Waals surface area contributed by atoms with Gasteiger partial charge in [0.2, 0.25) is 0 Å². The van der Waals surface area contributed by atoms with Crippen LogP contribution in [0, 0.1) is 20.8 Å². The van der Waals surface area contributed by atoms with Crippen LogP contribution in [-0.4, -0.2) is 17.5 Å². The zero-order valence-corrected chi connectivity index (χ0v) is 12.2. The van der Waals surface area contributed by atoms with E-state index >= 15 is 0 Å². The van der Waals surface area contributed by atoms with Crippen LogP contribution >= 0.6 is 11.8 Å². The summed E-state index contributed by atoms with van der Waals surface area (Å²) >= 11 is 1.93. The molecule has 0 fully saturated rings. The predicted octanol–water partition coefficient (Wildman–Crippen LogP) is 2.74. The van der Waals surface area contributed by atoms with Gasteiger partial charge in [0, 0.05) is 11.8 Å².